The summed E-state index contributed by atoms with van der Waals surface area (Å²) in [7, 11) is 0. The lowest BCUT2D eigenvalue weighted by molar-refractivity contribution is 0.0962. The van der Waals surface area contributed by atoms with Crippen LogP contribution in [-0.2, 0) is 4.74 Å². The number of fused-ring (bicyclic) bond motifs is 1. The van der Waals surface area contributed by atoms with Gasteiger partial charge in [-0.3, -0.25) is 4.79 Å². The number of imidazole rings is 1. The van der Waals surface area contributed by atoms with Crippen LogP contribution in [0.1, 0.15) is 37.6 Å². The number of ether oxygens (including phenoxy) is 1. The first-order valence-electron chi connectivity index (χ1n) is 9.48. The number of benzene rings is 1. The second-order valence-electron chi connectivity index (χ2n) is 6.24. The first-order valence-corrected chi connectivity index (χ1v) is 9.85. The van der Waals surface area contributed by atoms with Crippen LogP contribution in [0.5, 0.6) is 0 Å². The van der Waals surface area contributed by atoms with Gasteiger partial charge in [-0.05, 0) is 44.5 Å². The lowest BCUT2D eigenvalue weighted by atomic mass is 10.2. The van der Waals surface area contributed by atoms with Crippen LogP contribution in [0.3, 0.4) is 0 Å². The number of carbonyl (C=O) groups excluding carboxylic acids is 1. The largest absolute Gasteiger partial charge is 0.492 e. The first kappa shape index (κ1) is 20.6. The fourth-order valence-corrected chi connectivity index (χ4v) is 3.13. The van der Waals surface area contributed by atoms with Crippen molar-refractivity contribution in [2.45, 2.75) is 27.2 Å². The van der Waals surface area contributed by atoms with Gasteiger partial charge < -0.3 is 15.0 Å². The third-order valence-corrected chi connectivity index (χ3v) is 4.50. The number of aromatic amines is 1. The molecule has 1 aromatic carbocycles. The minimum Gasteiger partial charge on any atom is -0.492 e. The molecule has 0 bridgehead atoms. The highest BCUT2D eigenvalue weighted by atomic mass is 35.5. The molecule has 29 heavy (non-hydrogen) atoms. The van der Waals surface area contributed by atoms with Crippen LogP contribution < -0.4 is 5.32 Å². The molecule has 2 aromatic heterocycles. The number of halogens is 1. The summed E-state index contributed by atoms with van der Waals surface area (Å²) < 4.78 is 5.67. The summed E-state index contributed by atoms with van der Waals surface area (Å²) in [5.41, 5.74) is 3.03. The van der Waals surface area contributed by atoms with Crippen LogP contribution in [0.15, 0.2) is 60.1 Å². The van der Waals surface area contributed by atoms with Crippen LogP contribution >= 0.6 is 11.6 Å². The highest BCUT2D eigenvalue weighted by Crippen LogP contribution is 2.24. The highest BCUT2D eigenvalue weighted by Gasteiger charge is 2.17. The number of carbonyl (C=O) groups is 1. The van der Waals surface area contributed by atoms with Gasteiger partial charge in [-0.25, -0.2) is 9.97 Å². The number of hydrogen-bond donors (Lipinski definition) is 2. The monoisotopic (exact) mass is 410 g/mol. The summed E-state index contributed by atoms with van der Waals surface area (Å²) >= 11 is 6.09. The van der Waals surface area contributed by atoms with Crippen molar-refractivity contribution in [1.29, 1.82) is 0 Å². The van der Waals surface area contributed by atoms with Gasteiger partial charge in [-0.15, -0.1) is 0 Å². The van der Waals surface area contributed by atoms with Gasteiger partial charge in [0.2, 0.25) is 0 Å². The van der Waals surface area contributed by atoms with Crippen molar-refractivity contribution in [3.8, 4) is 11.4 Å². The van der Waals surface area contributed by atoms with Gasteiger partial charge in [0, 0.05) is 16.8 Å². The zero-order valence-corrected chi connectivity index (χ0v) is 17.4. The predicted molar refractivity (Wildman–Crippen MR) is 116 cm³/mol. The molecule has 0 aliphatic carbocycles. The molecule has 3 aromatic rings. The maximum absolute atomic E-state index is 13.0. The summed E-state index contributed by atoms with van der Waals surface area (Å²) in [6.45, 7) is 6.30. The Kier molecular flexibility index (Phi) is 6.67. The van der Waals surface area contributed by atoms with E-state index in [2.05, 4.69) is 20.3 Å². The molecule has 0 saturated carbocycles. The van der Waals surface area contributed by atoms with Gasteiger partial charge in [-0.2, -0.15) is 0 Å². The number of H-pyrrole nitrogens is 1. The zero-order valence-electron chi connectivity index (χ0n) is 16.6. The normalized spacial score (nSPS) is 12.3. The Hall–Kier alpha value is -3.12. The minimum atomic E-state index is -0.253. The van der Waals surface area contributed by atoms with Crippen LogP contribution in [-0.4, -0.2) is 27.5 Å². The topological polar surface area (TPSA) is 79.9 Å². The lowest BCUT2D eigenvalue weighted by Gasteiger charge is -2.13. The Labute approximate surface area is 174 Å². The average molecular weight is 411 g/mol. The van der Waals surface area contributed by atoms with Crippen molar-refractivity contribution < 1.29 is 9.53 Å². The number of amides is 1. The van der Waals surface area contributed by atoms with Crippen molar-refractivity contribution >= 4 is 28.7 Å². The number of hydrogen-bond acceptors (Lipinski definition) is 4. The molecule has 1 amide bonds. The van der Waals surface area contributed by atoms with Gasteiger partial charge in [0.05, 0.1) is 23.4 Å². The maximum atomic E-state index is 13.0. The highest BCUT2D eigenvalue weighted by molar-refractivity contribution is 6.30. The maximum Gasteiger partial charge on any atom is 0.257 e. The van der Waals surface area contributed by atoms with Gasteiger partial charge in [0.1, 0.15) is 11.6 Å². The third kappa shape index (κ3) is 4.66. The molecule has 2 N–H and O–H groups in total. The molecule has 3 rings (SSSR count). The standard InChI is InChI=1S/C22H23ClN4O2/c1-4-8-18(29-6-3)17(5-2)25-22(28)16-11-12-24-21-19(16)26-20(27-21)14-9-7-10-15(23)13-14/h4,7-13H,5-6H2,1-3H3,(H,25,28)(H,24,26,27)/b8-4-,18-17-. The first-order chi connectivity index (χ1) is 14.1. The third-order valence-electron chi connectivity index (χ3n) is 4.27. The van der Waals surface area contributed by atoms with E-state index in [0.29, 0.717) is 46.4 Å². The number of aromatic nitrogens is 3. The molecular formula is C22H23ClN4O2. The SMILES string of the molecule is C/C=C\C(OCC)=C(/CC)NC(=O)c1ccnc2nc(-c3cccc(Cl)c3)[nH]c12. The van der Waals surface area contributed by atoms with Crippen LogP contribution in [0.4, 0.5) is 0 Å². The molecule has 0 atom stereocenters. The van der Waals surface area contributed by atoms with E-state index in [0.717, 1.165) is 11.3 Å². The molecule has 0 aliphatic rings. The van der Waals surface area contributed by atoms with Crippen molar-refractivity contribution in [2.75, 3.05) is 6.61 Å². The number of pyridine rings is 1. The Morgan fingerprint density at radius 3 is 2.83 bits per heavy atom. The summed E-state index contributed by atoms with van der Waals surface area (Å²) in [4.78, 5) is 25.0. The Bertz CT molecular complexity index is 1090. The van der Waals surface area contributed by atoms with Gasteiger partial charge in [0.25, 0.3) is 5.91 Å². The fourth-order valence-electron chi connectivity index (χ4n) is 2.94. The van der Waals surface area contributed by atoms with E-state index >= 15 is 0 Å². The predicted octanol–water partition coefficient (Wildman–Crippen LogP) is 5.24. The zero-order chi connectivity index (χ0) is 20.8. The van der Waals surface area contributed by atoms with E-state index in [4.69, 9.17) is 16.3 Å². The molecular weight excluding hydrogens is 388 g/mol. The molecule has 7 heteroatoms. The smallest absolute Gasteiger partial charge is 0.257 e. The Balaban J connectivity index is 1.99. The molecule has 150 valence electrons. The molecule has 0 aliphatic heterocycles. The number of rotatable bonds is 7. The second-order valence-corrected chi connectivity index (χ2v) is 6.67. The summed E-state index contributed by atoms with van der Waals surface area (Å²) in [6.07, 6.45) is 5.92. The van der Waals surface area contributed by atoms with Crippen LogP contribution in [0.25, 0.3) is 22.6 Å². The van der Waals surface area contributed by atoms with Crippen molar-refractivity contribution in [2.24, 2.45) is 0 Å². The number of nitrogens with one attached hydrogen (secondary N) is 2. The van der Waals surface area contributed by atoms with Crippen LogP contribution in [0.2, 0.25) is 5.02 Å². The number of nitrogens with zero attached hydrogens (tertiary/aromatic N) is 2. The minimum absolute atomic E-state index is 0.253. The van der Waals surface area contributed by atoms with E-state index in [1.807, 2.05) is 51.1 Å². The van der Waals surface area contributed by atoms with E-state index in [-0.39, 0.29) is 5.91 Å². The summed E-state index contributed by atoms with van der Waals surface area (Å²) in [6, 6.07) is 9.01. The summed E-state index contributed by atoms with van der Waals surface area (Å²) in [5.74, 6) is 1.00. The van der Waals surface area contributed by atoms with Crippen LogP contribution in [0, 0.1) is 0 Å². The molecule has 0 spiro atoms. The van der Waals surface area contributed by atoms with E-state index in [1.54, 1.807) is 18.3 Å². The van der Waals surface area contributed by atoms with Crippen molar-refractivity contribution in [1.82, 2.24) is 20.3 Å². The molecule has 0 radical (unpaired) electrons. The Morgan fingerprint density at radius 1 is 1.31 bits per heavy atom. The van der Waals surface area contributed by atoms with E-state index in [9.17, 15) is 4.79 Å². The fraction of sp³-hybridized carbons (Fsp3) is 0.227. The van der Waals surface area contributed by atoms with Gasteiger partial charge >= 0.3 is 0 Å². The van der Waals surface area contributed by atoms with Crippen molar-refractivity contribution in [3.63, 3.8) is 0 Å². The Morgan fingerprint density at radius 2 is 2.14 bits per heavy atom. The summed E-state index contributed by atoms with van der Waals surface area (Å²) in [5, 5.41) is 3.58. The molecule has 0 saturated heterocycles. The van der Waals surface area contributed by atoms with Gasteiger partial charge in [0.15, 0.2) is 5.65 Å². The van der Waals surface area contributed by atoms with E-state index < -0.39 is 0 Å². The molecule has 0 fully saturated rings. The van der Waals surface area contributed by atoms with E-state index in [1.165, 1.54) is 0 Å². The quantitative estimate of drug-likeness (QED) is 0.412. The van der Waals surface area contributed by atoms with Gasteiger partial charge in [-0.1, -0.05) is 36.7 Å². The molecule has 0 unspecified atom stereocenters. The number of allylic oxidation sites excluding steroid dienone is 3. The molecule has 2 heterocycles. The average Bonchev–Trinajstić information content (AvgIpc) is 3.16. The van der Waals surface area contributed by atoms with Crippen molar-refractivity contribution in [3.05, 3.63) is 70.7 Å². The lowest BCUT2D eigenvalue weighted by Crippen LogP contribution is -2.24. The molecule has 6 nitrogen and oxygen atoms in total. The second kappa shape index (κ2) is 9.39.